The van der Waals surface area contributed by atoms with Gasteiger partial charge in [-0.25, -0.2) is 4.79 Å². The molecule has 1 saturated heterocycles. The van der Waals surface area contributed by atoms with Crippen LogP contribution in [0.3, 0.4) is 0 Å². The minimum Gasteiger partial charge on any atom is -0.465 e. The van der Waals surface area contributed by atoms with Gasteiger partial charge in [0.1, 0.15) is 9.88 Å². The first-order valence-corrected chi connectivity index (χ1v) is 7.32. The molecule has 1 fully saturated rings. The zero-order valence-corrected chi connectivity index (χ0v) is 12.5. The van der Waals surface area contributed by atoms with E-state index in [-0.39, 0.29) is 16.1 Å². The molecule has 4 N–H and O–H groups in total. The van der Waals surface area contributed by atoms with Crippen molar-refractivity contribution in [2.45, 2.75) is 19.8 Å². The molecular formula is C13H19N3O3S. The lowest BCUT2D eigenvalue weighted by Crippen LogP contribution is -2.33. The number of nitrogens with zero attached hydrogens (tertiary/aromatic N) is 1. The van der Waals surface area contributed by atoms with Crippen LogP contribution in [0.1, 0.15) is 39.8 Å². The molecule has 0 aliphatic carbocycles. The summed E-state index contributed by atoms with van der Waals surface area (Å²) in [4.78, 5) is 25.7. The molecule has 1 aliphatic heterocycles. The first-order chi connectivity index (χ1) is 9.45. The van der Waals surface area contributed by atoms with Gasteiger partial charge < -0.3 is 21.1 Å². The number of primary amides is 1. The van der Waals surface area contributed by atoms with Crippen LogP contribution in [0.25, 0.3) is 0 Å². The summed E-state index contributed by atoms with van der Waals surface area (Å²) in [5.41, 5.74) is 11.7. The molecule has 0 saturated carbocycles. The second-order valence-electron chi connectivity index (χ2n) is 5.05. The summed E-state index contributed by atoms with van der Waals surface area (Å²) in [5, 5.41) is 0.683. The quantitative estimate of drug-likeness (QED) is 0.823. The molecule has 1 aromatic rings. The molecule has 1 amide bonds. The lowest BCUT2D eigenvalue weighted by Gasteiger charge is -2.31. The Bertz CT molecular complexity index is 533. The fourth-order valence-corrected chi connectivity index (χ4v) is 3.54. The van der Waals surface area contributed by atoms with E-state index in [0.717, 1.165) is 25.9 Å². The molecule has 1 aromatic heterocycles. The summed E-state index contributed by atoms with van der Waals surface area (Å²) in [6.07, 6.45) is 2.09. The molecule has 0 spiro atoms. The van der Waals surface area contributed by atoms with Crippen LogP contribution in [0, 0.1) is 5.92 Å². The van der Waals surface area contributed by atoms with Crippen LogP contribution in [-0.2, 0) is 4.74 Å². The molecule has 6 nitrogen and oxygen atoms in total. The molecule has 0 radical (unpaired) electrons. The van der Waals surface area contributed by atoms with Crippen molar-refractivity contribution in [1.82, 2.24) is 0 Å². The van der Waals surface area contributed by atoms with Crippen molar-refractivity contribution in [3.05, 3.63) is 10.4 Å². The van der Waals surface area contributed by atoms with Gasteiger partial charge in [-0.15, -0.1) is 11.3 Å². The van der Waals surface area contributed by atoms with E-state index in [4.69, 9.17) is 16.2 Å². The number of amides is 1. The highest BCUT2D eigenvalue weighted by Crippen LogP contribution is 2.39. The van der Waals surface area contributed by atoms with Crippen molar-refractivity contribution in [1.29, 1.82) is 0 Å². The molecule has 0 unspecified atom stereocenters. The number of piperidine rings is 1. The van der Waals surface area contributed by atoms with Gasteiger partial charge in [0.05, 0.1) is 18.4 Å². The lowest BCUT2D eigenvalue weighted by atomic mass is 9.99. The Morgan fingerprint density at radius 3 is 2.45 bits per heavy atom. The second kappa shape index (κ2) is 5.70. The smallest absolute Gasteiger partial charge is 0.350 e. The number of nitrogen functional groups attached to an aromatic ring is 1. The van der Waals surface area contributed by atoms with Crippen molar-refractivity contribution in [3.8, 4) is 0 Å². The summed E-state index contributed by atoms with van der Waals surface area (Å²) in [6, 6.07) is 0. The summed E-state index contributed by atoms with van der Waals surface area (Å²) >= 11 is 1.18. The number of esters is 1. The van der Waals surface area contributed by atoms with E-state index in [1.54, 1.807) is 0 Å². The van der Waals surface area contributed by atoms with E-state index in [1.807, 2.05) is 0 Å². The molecule has 2 rings (SSSR count). The Morgan fingerprint density at radius 1 is 1.35 bits per heavy atom. The molecular weight excluding hydrogens is 278 g/mol. The van der Waals surface area contributed by atoms with Gasteiger partial charge in [0.25, 0.3) is 5.91 Å². The van der Waals surface area contributed by atoms with Crippen LogP contribution in [0.2, 0.25) is 0 Å². The zero-order chi connectivity index (χ0) is 14.9. The summed E-state index contributed by atoms with van der Waals surface area (Å²) in [6.45, 7) is 3.87. The number of hydrogen-bond donors (Lipinski definition) is 2. The van der Waals surface area contributed by atoms with E-state index in [9.17, 15) is 9.59 Å². The van der Waals surface area contributed by atoms with E-state index in [2.05, 4.69) is 11.8 Å². The Labute approximate surface area is 121 Å². The highest BCUT2D eigenvalue weighted by Gasteiger charge is 2.29. The Kier molecular flexibility index (Phi) is 4.17. The molecule has 0 atom stereocenters. The third-order valence-electron chi connectivity index (χ3n) is 3.61. The maximum atomic E-state index is 11.7. The van der Waals surface area contributed by atoms with Crippen LogP contribution in [0.4, 0.5) is 10.7 Å². The average molecular weight is 297 g/mol. The van der Waals surface area contributed by atoms with Crippen molar-refractivity contribution < 1.29 is 14.3 Å². The molecule has 7 heteroatoms. The number of anilines is 2. The van der Waals surface area contributed by atoms with Crippen molar-refractivity contribution >= 4 is 33.9 Å². The van der Waals surface area contributed by atoms with E-state index >= 15 is 0 Å². The maximum Gasteiger partial charge on any atom is 0.350 e. The monoisotopic (exact) mass is 297 g/mol. The largest absolute Gasteiger partial charge is 0.465 e. The number of ether oxygens (including phenoxy) is 1. The summed E-state index contributed by atoms with van der Waals surface area (Å²) < 4.78 is 4.69. The van der Waals surface area contributed by atoms with Crippen molar-refractivity contribution in [3.63, 3.8) is 0 Å². The van der Waals surface area contributed by atoms with Gasteiger partial charge in [-0.1, -0.05) is 6.92 Å². The number of carbonyl (C=O) groups is 2. The van der Waals surface area contributed by atoms with Gasteiger partial charge in [0.2, 0.25) is 0 Å². The molecule has 1 aliphatic rings. The van der Waals surface area contributed by atoms with Crippen LogP contribution in [-0.4, -0.2) is 32.1 Å². The number of nitrogens with two attached hydrogens (primary N) is 2. The van der Waals surface area contributed by atoms with Gasteiger partial charge in [0.15, 0.2) is 0 Å². The SMILES string of the molecule is COC(=O)c1sc(N2CCC(C)CC2)c(C(N)=O)c1N. The predicted octanol–water partition coefficient (Wildman–Crippen LogP) is 1.45. The number of thiophene rings is 1. The molecule has 2 heterocycles. The standard InChI is InChI=1S/C13H19N3O3S/c1-7-3-5-16(6-4-7)12-8(11(15)17)9(14)10(20-12)13(18)19-2/h7H,3-6,14H2,1-2H3,(H2,15,17). The number of hydrogen-bond acceptors (Lipinski definition) is 6. The zero-order valence-electron chi connectivity index (χ0n) is 11.6. The lowest BCUT2D eigenvalue weighted by molar-refractivity contribution is 0.0607. The van der Waals surface area contributed by atoms with E-state index < -0.39 is 11.9 Å². The third-order valence-corrected chi connectivity index (χ3v) is 4.86. The van der Waals surface area contributed by atoms with Crippen molar-refractivity contribution in [2.75, 3.05) is 30.8 Å². The Balaban J connectivity index is 2.41. The number of methoxy groups -OCH3 is 1. The minimum atomic E-state index is -0.609. The van der Waals surface area contributed by atoms with E-state index in [1.165, 1.54) is 18.4 Å². The third kappa shape index (κ3) is 2.58. The normalized spacial score (nSPS) is 16.2. The highest BCUT2D eigenvalue weighted by atomic mass is 32.1. The van der Waals surface area contributed by atoms with Gasteiger partial charge in [0, 0.05) is 13.1 Å². The van der Waals surface area contributed by atoms with Gasteiger partial charge in [-0.3, -0.25) is 4.79 Å². The first-order valence-electron chi connectivity index (χ1n) is 6.51. The topological polar surface area (TPSA) is 98.6 Å². The van der Waals surface area contributed by atoms with E-state index in [0.29, 0.717) is 10.9 Å². The fraction of sp³-hybridized carbons (Fsp3) is 0.538. The average Bonchev–Trinajstić information content (AvgIpc) is 2.76. The molecule has 110 valence electrons. The maximum absolute atomic E-state index is 11.7. The van der Waals surface area contributed by atoms with Crippen molar-refractivity contribution in [2.24, 2.45) is 11.7 Å². The highest BCUT2D eigenvalue weighted by molar-refractivity contribution is 7.19. The number of rotatable bonds is 3. The summed E-state index contributed by atoms with van der Waals surface area (Å²) in [7, 11) is 1.29. The summed E-state index contributed by atoms with van der Waals surface area (Å²) in [5.74, 6) is -0.477. The Hall–Kier alpha value is -1.76. The fourth-order valence-electron chi connectivity index (χ4n) is 2.35. The minimum absolute atomic E-state index is 0.128. The number of carbonyl (C=O) groups excluding carboxylic acids is 2. The van der Waals surface area contributed by atoms with Gasteiger partial charge in [-0.05, 0) is 18.8 Å². The van der Waals surface area contributed by atoms with Gasteiger partial charge >= 0.3 is 5.97 Å². The molecule has 0 bridgehead atoms. The first kappa shape index (κ1) is 14.6. The molecule has 0 aromatic carbocycles. The van der Waals surface area contributed by atoms with Crippen LogP contribution in [0.5, 0.6) is 0 Å². The molecule has 20 heavy (non-hydrogen) atoms. The van der Waals surface area contributed by atoms with Crippen LogP contribution < -0.4 is 16.4 Å². The second-order valence-corrected chi connectivity index (χ2v) is 6.05. The predicted molar refractivity (Wildman–Crippen MR) is 79.2 cm³/mol. The van der Waals surface area contributed by atoms with Crippen LogP contribution >= 0.6 is 11.3 Å². The Morgan fingerprint density at radius 2 is 1.95 bits per heavy atom. The van der Waals surface area contributed by atoms with Crippen LogP contribution in [0.15, 0.2) is 0 Å². The van der Waals surface area contributed by atoms with Gasteiger partial charge in [-0.2, -0.15) is 0 Å².